The molecule has 0 saturated heterocycles. The van der Waals surface area contributed by atoms with Crippen molar-refractivity contribution in [3.05, 3.63) is 84.6 Å². The number of aromatic amines is 2. The number of ether oxygens (including phenoxy) is 1. The molecular weight excluding hydrogens is 515 g/mol. The Labute approximate surface area is 237 Å². The maximum absolute atomic E-state index is 14.3. The zero-order valence-electron chi connectivity index (χ0n) is 22.9. The highest BCUT2D eigenvalue weighted by atomic mass is 19.1. The van der Waals surface area contributed by atoms with Crippen molar-refractivity contribution in [2.75, 3.05) is 13.7 Å². The van der Waals surface area contributed by atoms with Gasteiger partial charge >= 0.3 is 0 Å². The third kappa shape index (κ3) is 5.07. The molecule has 1 aliphatic carbocycles. The molecule has 0 radical (unpaired) electrons. The van der Waals surface area contributed by atoms with Crippen molar-refractivity contribution < 1.29 is 9.13 Å². The zero-order valence-corrected chi connectivity index (χ0v) is 22.9. The molecule has 0 spiro atoms. The predicted octanol–water partition coefficient (Wildman–Crippen LogP) is 7.26. The average Bonchev–Trinajstić information content (AvgIpc) is 3.76. The summed E-state index contributed by atoms with van der Waals surface area (Å²) in [7, 11) is 1.53. The second-order valence-electron chi connectivity index (χ2n) is 10.9. The molecule has 2 aromatic carbocycles. The zero-order chi connectivity index (χ0) is 27.8. The largest absolute Gasteiger partial charge is 0.497 e. The van der Waals surface area contributed by atoms with E-state index in [2.05, 4.69) is 54.7 Å². The summed E-state index contributed by atoms with van der Waals surface area (Å²) in [5.41, 5.74) is 8.15. The van der Waals surface area contributed by atoms with Crippen molar-refractivity contribution >= 4 is 21.8 Å². The van der Waals surface area contributed by atoms with Crippen LogP contribution in [0.15, 0.2) is 73.2 Å². The lowest BCUT2D eigenvalue weighted by Crippen LogP contribution is -2.20. The molecule has 7 nitrogen and oxygen atoms in total. The molecule has 1 saturated carbocycles. The molecule has 0 amide bonds. The molecule has 7 rings (SSSR count). The molecule has 4 heterocycles. The van der Waals surface area contributed by atoms with E-state index in [1.807, 2.05) is 24.5 Å². The molecule has 4 aromatic heterocycles. The fraction of sp³-hybridized carbons (Fsp3) is 0.242. The summed E-state index contributed by atoms with van der Waals surface area (Å²) in [6.45, 7) is 1.89. The van der Waals surface area contributed by atoms with Crippen LogP contribution in [0, 0.1) is 11.7 Å². The molecule has 0 bridgehead atoms. The van der Waals surface area contributed by atoms with Crippen LogP contribution in [-0.2, 0) is 6.54 Å². The fourth-order valence-corrected chi connectivity index (χ4v) is 6.00. The summed E-state index contributed by atoms with van der Waals surface area (Å²) in [4.78, 5) is 12.6. The Morgan fingerprint density at radius 2 is 1.78 bits per heavy atom. The van der Waals surface area contributed by atoms with Crippen molar-refractivity contribution in [2.45, 2.75) is 32.2 Å². The Morgan fingerprint density at radius 1 is 0.902 bits per heavy atom. The molecule has 206 valence electrons. The van der Waals surface area contributed by atoms with E-state index in [0.717, 1.165) is 63.3 Å². The van der Waals surface area contributed by atoms with Gasteiger partial charge in [-0.2, -0.15) is 5.10 Å². The second kappa shape index (κ2) is 10.8. The number of methoxy groups -OCH3 is 1. The van der Waals surface area contributed by atoms with Crippen molar-refractivity contribution in [3.8, 4) is 39.5 Å². The van der Waals surface area contributed by atoms with Crippen LogP contribution in [0.4, 0.5) is 4.39 Å². The number of hydrogen-bond donors (Lipinski definition) is 3. The molecule has 1 fully saturated rings. The van der Waals surface area contributed by atoms with E-state index in [-0.39, 0.29) is 5.82 Å². The quantitative estimate of drug-likeness (QED) is 0.187. The minimum atomic E-state index is -0.372. The summed E-state index contributed by atoms with van der Waals surface area (Å²) < 4.78 is 19.6. The normalized spacial score (nSPS) is 13.9. The van der Waals surface area contributed by atoms with Gasteiger partial charge in [-0.25, -0.2) is 4.39 Å². The minimum Gasteiger partial charge on any atom is -0.497 e. The Bertz CT molecular complexity index is 1850. The van der Waals surface area contributed by atoms with E-state index in [1.165, 1.54) is 50.5 Å². The lowest BCUT2D eigenvalue weighted by Gasteiger charge is -2.11. The van der Waals surface area contributed by atoms with Gasteiger partial charge in [0.15, 0.2) is 0 Å². The number of nitrogens with zero attached hydrogens (tertiary/aromatic N) is 3. The Kier molecular flexibility index (Phi) is 6.68. The highest BCUT2D eigenvalue weighted by Gasteiger charge is 2.17. The second-order valence-corrected chi connectivity index (χ2v) is 10.9. The Hall–Kier alpha value is -4.56. The van der Waals surface area contributed by atoms with Crippen LogP contribution in [0.5, 0.6) is 5.75 Å². The van der Waals surface area contributed by atoms with Gasteiger partial charge in [0.25, 0.3) is 0 Å². The van der Waals surface area contributed by atoms with Crippen molar-refractivity contribution in [2.24, 2.45) is 5.92 Å². The first kappa shape index (κ1) is 25.4. The lowest BCUT2D eigenvalue weighted by molar-refractivity contribution is 0.411. The highest BCUT2D eigenvalue weighted by molar-refractivity contribution is 6.00. The molecule has 6 aromatic rings. The van der Waals surface area contributed by atoms with E-state index in [0.29, 0.717) is 17.0 Å². The molecule has 1 aliphatic rings. The summed E-state index contributed by atoms with van der Waals surface area (Å²) in [6, 6.07) is 17.1. The number of nitrogens with one attached hydrogen (secondary N) is 3. The third-order valence-electron chi connectivity index (χ3n) is 8.11. The number of rotatable bonds is 8. The molecule has 0 aliphatic heterocycles. The number of halogens is 1. The smallest absolute Gasteiger partial charge is 0.127 e. The van der Waals surface area contributed by atoms with Crippen molar-refractivity contribution in [1.29, 1.82) is 0 Å². The number of H-pyrrole nitrogens is 2. The molecule has 3 N–H and O–H groups in total. The van der Waals surface area contributed by atoms with E-state index >= 15 is 0 Å². The average molecular weight is 547 g/mol. The number of hydrogen-bond acceptors (Lipinski definition) is 5. The molecule has 0 unspecified atom stereocenters. The van der Waals surface area contributed by atoms with E-state index in [1.54, 1.807) is 12.3 Å². The van der Waals surface area contributed by atoms with Gasteiger partial charge < -0.3 is 15.0 Å². The van der Waals surface area contributed by atoms with Crippen LogP contribution < -0.4 is 10.1 Å². The first-order chi connectivity index (χ1) is 20.1. The molecule has 0 atom stereocenters. The number of benzene rings is 2. The van der Waals surface area contributed by atoms with Crippen LogP contribution in [0.3, 0.4) is 0 Å². The summed E-state index contributed by atoms with van der Waals surface area (Å²) in [5.74, 6) is 0.882. The monoisotopic (exact) mass is 546 g/mol. The van der Waals surface area contributed by atoms with Gasteiger partial charge in [0.1, 0.15) is 17.3 Å². The van der Waals surface area contributed by atoms with Crippen molar-refractivity contribution in [3.63, 3.8) is 0 Å². The van der Waals surface area contributed by atoms with Gasteiger partial charge in [0.05, 0.1) is 24.0 Å². The van der Waals surface area contributed by atoms with Crippen LogP contribution in [0.1, 0.15) is 31.2 Å². The first-order valence-electron chi connectivity index (χ1n) is 14.1. The topological polar surface area (TPSA) is 91.5 Å². The van der Waals surface area contributed by atoms with Gasteiger partial charge in [0.2, 0.25) is 0 Å². The fourth-order valence-electron chi connectivity index (χ4n) is 6.00. The van der Waals surface area contributed by atoms with Gasteiger partial charge in [-0.15, -0.1) is 0 Å². The highest BCUT2D eigenvalue weighted by Crippen LogP contribution is 2.35. The standard InChI is InChI=1S/C33H31FN6O/c1-41-26-12-23(11-25(34)14-26)32-28-15-31(38-29(28)8-9-37-32)33-27-13-22(6-7-30(27)39-40-33)24-10-21(18-36-19-24)17-35-16-20-4-2-3-5-20/h6-15,18-20,35,38H,2-5,16-17H2,1H3,(H,39,40). The SMILES string of the molecule is COc1cc(F)cc(-c2nccc3[nH]c(-c4n[nH]c5ccc(-c6cncc(CNCC7CCCC7)c6)cc45)cc23)c1. The van der Waals surface area contributed by atoms with Crippen LogP contribution in [0.25, 0.3) is 55.6 Å². The molecule has 8 heteroatoms. The molecular formula is C33H31FN6O. The maximum atomic E-state index is 14.3. The molecule has 41 heavy (non-hydrogen) atoms. The van der Waals surface area contributed by atoms with Crippen molar-refractivity contribution in [1.82, 2.24) is 30.5 Å². The van der Waals surface area contributed by atoms with E-state index in [9.17, 15) is 4.39 Å². The van der Waals surface area contributed by atoms with Crippen LogP contribution in [0.2, 0.25) is 0 Å². The number of pyridine rings is 2. The predicted molar refractivity (Wildman–Crippen MR) is 160 cm³/mol. The summed E-state index contributed by atoms with van der Waals surface area (Å²) in [5, 5.41) is 13.3. The number of fused-ring (bicyclic) bond motifs is 2. The minimum absolute atomic E-state index is 0.372. The van der Waals surface area contributed by atoms with E-state index in [4.69, 9.17) is 4.74 Å². The lowest BCUT2D eigenvalue weighted by atomic mass is 10.0. The van der Waals surface area contributed by atoms with Gasteiger partial charge in [-0.05, 0) is 78.9 Å². The number of aromatic nitrogens is 5. The van der Waals surface area contributed by atoms with E-state index < -0.39 is 0 Å². The van der Waals surface area contributed by atoms with Gasteiger partial charge in [0, 0.05) is 58.6 Å². The first-order valence-corrected chi connectivity index (χ1v) is 14.1. The Balaban J connectivity index is 1.21. The van der Waals surface area contributed by atoms with Gasteiger partial charge in [-0.3, -0.25) is 15.1 Å². The van der Waals surface area contributed by atoms with Crippen LogP contribution >= 0.6 is 0 Å². The Morgan fingerprint density at radius 3 is 2.66 bits per heavy atom. The third-order valence-corrected chi connectivity index (χ3v) is 8.11. The van der Waals surface area contributed by atoms with Crippen LogP contribution in [-0.4, -0.2) is 38.8 Å². The van der Waals surface area contributed by atoms with Gasteiger partial charge in [-0.1, -0.05) is 18.9 Å². The maximum Gasteiger partial charge on any atom is 0.127 e. The summed E-state index contributed by atoms with van der Waals surface area (Å²) in [6.07, 6.45) is 11.0. The summed E-state index contributed by atoms with van der Waals surface area (Å²) >= 11 is 0.